The van der Waals surface area contributed by atoms with Crippen molar-refractivity contribution in [3.05, 3.63) is 34.1 Å². The first-order valence-electron chi connectivity index (χ1n) is 7.64. The quantitative estimate of drug-likeness (QED) is 0.760. The van der Waals surface area contributed by atoms with Crippen molar-refractivity contribution >= 4 is 33.8 Å². The lowest BCUT2D eigenvalue weighted by atomic mass is 10.2. The standard InChI is InChI=1S/C16H18BrFN2O4/c1-9(14(21)20-16(23)19-11-4-2-3-5-11)24-15(22)12-8-10(18)6-7-13(12)17/h6-9,11H,2-5H2,1H3,(H2,19,20,21,23)/t9-/m0/s1. The highest BCUT2D eigenvalue weighted by atomic mass is 79.9. The highest BCUT2D eigenvalue weighted by molar-refractivity contribution is 9.10. The first kappa shape index (κ1) is 18.4. The molecule has 24 heavy (non-hydrogen) atoms. The minimum atomic E-state index is -1.19. The molecule has 0 bridgehead atoms. The lowest BCUT2D eigenvalue weighted by Gasteiger charge is -2.16. The molecule has 1 saturated carbocycles. The van der Waals surface area contributed by atoms with Gasteiger partial charge in [0.2, 0.25) is 0 Å². The number of esters is 1. The first-order chi connectivity index (χ1) is 11.4. The fourth-order valence-electron chi connectivity index (χ4n) is 2.44. The Balaban J connectivity index is 1.87. The predicted octanol–water partition coefficient (Wildman–Crippen LogP) is 2.90. The molecule has 0 saturated heterocycles. The number of carbonyl (C=O) groups is 3. The van der Waals surface area contributed by atoms with E-state index in [-0.39, 0.29) is 11.6 Å². The SMILES string of the molecule is C[C@H](OC(=O)c1cc(F)ccc1Br)C(=O)NC(=O)NC1CCCC1. The molecule has 2 rings (SSSR count). The molecule has 0 aromatic heterocycles. The van der Waals surface area contributed by atoms with Crippen LogP contribution in [0, 0.1) is 5.82 Å². The maximum Gasteiger partial charge on any atom is 0.340 e. The van der Waals surface area contributed by atoms with E-state index in [0.29, 0.717) is 4.47 Å². The molecule has 1 aromatic rings. The van der Waals surface area contributed by atoms with Gasteiger partial charge < -0.3 is 10.1 Å². The van der Waals surface area contributed by atoms with Crippen LogP contribution in [0.25, 0.3) is 0 Å². The Morgan fingerprint density at radius 1 is 1.29 bits per heavy atom. The number of imide groups is 1. The van der Waals surface area contributed by atoms with Crippen LogP contribution in [0.4, 0.5) is 9.18 Å². The van der Waals surface area contributed by atoms with Gasteiger partial charge in [0.05, 0.1) is 5.56 Å². The van der Waals surface area contributed by atoms with Crippen LogP contribution in [0.1, 0.15) is 43.0 Å². The van der Waals surface area contributed by atoms with E-state index in [1.54, 1.807) is 0 Å². The number of urea groups is 1. The van der Waals surface area contributed by atoms with Crippen LogP contribution in [0.3, 0.4) is 0 Å². The lowest BCUT2D eigenvalue weighted by Crippen LogP contribution is -2.47. The van der Waals surface area contributed by atoms with Gasteiger partial charge in [-0.05, 0) is 53.9 Å². The van der Waals surface area contributed by atoms with E-state index < -0.39 is 29.8 Å². The minimum absolute atomic E-state index is 0.0370. The molecular weight excluding hydrogens is 383 g/mol. The largest absolute Gasteiger partial charge is 0.449 e. The molecule has 6 nitrogen and oxygen atoms in total. The van der Waals surface area contributed by atoms with Crippen molar-refractivity contribution in [1.82, 2.24) is 10.6 Å². The van der Waals surface area contributed by atoms with E-state index in [0.717, 1.165) is 31.7 Å². The Bertz CT molecular complexity index is 647. The number of carbonyl (C=O) groups excluding carboxylic acids is 3. The van der Waals surface area contributed by atoms with Crippen molar-refractivity contribution in [2.24, 2.45) is 0 Å². The highest BCUT2D eigenvalue weighted by Gasteiger charge is 2.24. The molecule has 130 valence electrons. The maximum atomic E-state index is 13.2. The number of ether oxygens (including phenoxy) is 1. The fourth-order valence-corrected chi connectivity index (χ4v) is 2.85. The molecule has 1 aliphatic carbocycles. The average Bonchev–Trinajstić information content (AvgIpc) is 3.02. The Hall–Kier alpha value is -1.96. The molecule has 3 amide bonds. The fraction of sp³-hybridized carbons (Fsp3) is 0.438. The highest BCUT2D eigenvalue weighted by Crippen LogP contribution is 2.19. The number of benzene rings is 1. The van der Waals surface area contributed by atoms with Gasteiger partial charge in [0.15, 0.2) is 6.10 Å². The molecule has 0 aliphatic heterocycles. The van der Waals surface area contributed by atoms with Gasteiger partial charge >= 0.3 is 12.0 Å². The van der Waals surface area contributed by atoms with Crippen LogP contribution in [0.2, 0.25) is 0 Å². The van der Waals surface area contributed by atoms with Gasteiger partial charge in [-0.25, -0.2) is 14.0 Å². The van der Waals surface area contributed by atoms with Crippen LogP contribution < -0.4 is 10.6 Å². The Morgan fingerprint density at radius 2 is 1.96 bits per heavy atom. The van der Waals surface area contributed by atoms with Crippen LogP contribution in [0.5, 0.6) is 0 Å². The number of hydrogen-bond acceptors (Lipinski definition) is 4. The summed E-state index contributed by atoms with van der Waals surface area (Å²) >= 11 is 3.11. The molecule has 8 heteroatoms. The second-order valence-electron chi connectivity index (χ2n) is 5.62. The van der Waals surface area contributed by atoms with Crippen molar-refractivity contribution < 1.29 is 23.5 Å². The third kappa shape index (κ3) is 5.02. The number of nitrogens with one attached hydrogen (secondary N) is 2. The Labute approximate surface area is 147 Å². The molecule has 0 spiro atoms. The van der Waals surface area contributed by atoms with Crippen LogP contribution in [-0.2, 0) is 9.53 Å². The summed E-state index contributed by atoms with van der Waals surface area (Å²) in [5, 5.41) is 4.84. The summed E-state index contributed by atoms with van der Waals surface area (Å²) in [6.45, 7) is 1.34. The van der Waals surface area contributed by atoms with E-state index in [1.165, 1.54) is 19.1 Å². The van der Waals surface area contributed by atoms with Crippen molar-refractivity contribution in [1.29, 1.82) is 0 Å². The molecule has 1 aromatic carbocycles. The second kappa shape index (κ2) is 8.23. The third-order valence-electron chi connectivity index (χ3n) is 3.73. The second-order valence-corrected chi connectivity index (χ2v) is 6.47. The molecule has 1 fully saturated rings. The zero-order valence-corrected chi connectivity index (χ0v) is 14.7. The average molecular weight is 401 g/mol. The Kier molecular flexibility index (Phi) is 6.30. The number of hydrogen-bond donors (Lipinski definition) is 2. The monoisotopic (exact) mass is 400 g/mol. The molecule has 0 unspecified atom stereocenters. The lowest BCUT2D eigenvalue weighted by molar-refractivity contribution is -0.127. The van der Waals surface area contributed by atoms with Gasteiger partial charge in [0.1, 0.15) is 5.82 Å². The van der Waals surface area contributed by atoms with E-state index >= 15 is 0 Å². The number of amides is 3. The van der Waals surface area contributed by atoms with Crippen LogP contribution in [0.15, 0.2) is 22.7 Å². The summed E-state index contributed by atoms with van der Waals surface area (Å²) in [6.07, 6.45) is 2.69. The summed E-state index contributed by atoms with van der Waals surface area (Å²) in [5.41, 5.74) is -0.0370. The van der Waals surface area contributed by atoms with Gasteiger partial charge in [-0.2, -0.15) is 0 Å². The van der Waals surface area contributed by atoms with Gasteiger partial charge in [0, 0.05) is 10.5 Å². The molecule has 1 atom stereocenters. The van der Waals surface area contributed by atoms with Crippen LogP contribution >= 0.6 is 15.9 Å². The van der Waals surface area contributed by atoms with E-state index in [4.69, 9.17) is 4.74 Å². The van der Waals surface area contributed by atoms with E-state index in [9.17, 15) is 18.8 Å². The van der Waals surface area contributed by atoms with Gasteiger partial charge in [-0.1, -0.05) is 12.8 Å². The van der Waals surface area contributed by atoms with Crippen molar-refractivity contribution in [3.8, 4) is 0 Å². The molecular formula is C16H18BrFN2O4. The number of rotatable bonds is 4. The number of halogens is 2. The Morgan fingerprint density at radius 3 is 2.62 bits per heavy atom. The van der Waals surface area contributed by atoms with Gasteiger partial charge in [-0.3, -0.25) is 10.1 Å². The maximum absolute atomic E-state index is 13.2. The molecule has 2 N–H and O–H groups in total. The topological polar surface area (TPSA) is 84.5 Å². The normalized spacial score (nSPS) is 15.6. The summed E-state index contributed by atoms with van der Waals surface area (Å²) in [6, 6.07) is 3.01. The summed E-state index contributed by atoms with van der Waals surface area (Å²) in [5.74, 6) is -2.20. The van der Waals surface area contributed by atoms with Crippen molar-refractivity contribution in [3.63, 3.8) is 0 Å². The van der Waals surface area contributed by atoms with E-state index in [2.05, 4.69) is 26.6 Å². The van der Waals surface area contributed by atoms with Crippen molar-refractivity contribution in [2.75, 3.05) is 0 Å². The zero-order valence-electron chi connectivity index (χ0n) is 13.1. The molecule has 1 aliphatic rings. The predicted molar refractivity (Wildman–Crippen MR) is 87.9 cm³/mol. The van der Waals surface area contributed by atoms with Gasteiger partial charge in [-0.15, -0.1) is 0 Å². The molecule has 0 heterocycles. The summed E-state index contributed by atoms with van der Waals surface area (Å²) in [7, 11) is 0. The minimum Gasteiger partial charge on any atom is -0.449 e. The van der Waals surface area contributed by atoms with Crippen LogP contribution in [-0.4, -0.2) is 30.1 Å². The summed E-state index contributed by atoms with van der Waals surface area (Å²) in [4.78, 5) is 35.6. The zero-order chi connectivity index (χ0) is 17.7. The van der Waals surface area contributed by atoms with Gasteiger partial charge in [0.25, 0.3) is 5.91 Å². The van der Waals surface area contributed by atoms with E-state index in [1.807, 2.05) is 0 Å². The summed E-state index contributed by atoms with van der Waals surface area (Å²) < 4.78 is 18.5. The first-order valence-corrected chi connectivity index (χ1v) is 8.43. The smallest absolute Gasteiger partial charge is 0.340 e. The third-order valence-corrected chi connectivity index (χ3v) is 4.42. The van der Waals surface area contributed by atoms with Crippen molar-refractivity contribution in [2.45, 2.75) is 44.8 Å². The molecule has 0 radical (unpaired) electrons.